The molecule has 8 heteroatoms. The number of nitrogens with one attached hydrogen (secondary N) is 1. The number of carbonyl (C=O) groups is 2. The van der Waals surface area contributed by atoms with Crippen molar-refractivity contribution < 1.29 is 27.9 Å². The number of hydrogen-bond donors (Lipinski definition) is 1. The zero-order chi connectivity index (χ0) is 25.2. The van der Waals surface area contributed by atoms with E-state index in [1.165, 1.54) is 25.5 Å². The van der Waals surface area contributed by atoms with Crippen molar-refractivity contribution in [2.45, 2.75) is 51.8 Å². The van der Waals surface area contributed by atoms with Crippen LogP contribution in [0, 0.1) is 5.82 Å². The minimum atomic E-state index is -0.615. The van der Waals surface area contributed by atoms with Gasteiger partial charge in [0.2, 0.25) is 0 Å². The molecule has 1 saturated heterocycles. The van der Waals surface area contributed by atoms with Gasteiger partial charge in [-0.25, -0.2) is 14.0 Å². The number of furan rings is 1. The molecule has 1 amide bonds. The smallest absolute Gasteiger partial charge is 0.410 e. The second-order valence-electron chi connectivity index (χ2n) is 9.79. The van der Waals surface area contributed by atoms with Gasteiger partial charge in [0.25, 0.3) is 0 Å². The monoisotopic (exact) mass is 482 g/mol. The third-order valence-electron chi connectivity index (χ3n) is 6.03. The standard InChI is InChI=1S/C27H31FN2O5/c1-27(2,3)35-26(32)30-11-9-21(10-12-30)29-15-17-5-7-18(8-6-17)24-23-19(16-34-24)13-20(28)14-22(23)25(31)33-4/h5-8,13-14,16,21,29H,9-12,15H2,1-4H3. The van der Waals surface area contributed by atoms with Crippen LogP contribution < -0.4 is 5.32 Å². The lowest BCUT2D eigenvalue weighted by atomic mass is 10.0. The summed E-state index contributed by atoms with van der Waals surface area (Å²) in [5, 5.41) is 4.59. The Morgan fingerprint density at radius 3 is 2.46 bits per heavy atom. The summed E-state index contributed by atoms with van der Waals surface area (Å²) in [6, 6.07) is 10.7. The number of piperidine rings is 1. The normalized spacial score (nSPS) is 14.8. The number of methoxy groups -OCH3 is 1. The topological polar surface area (TPSA) is 81.0 Å². The first-order valence-electron chi connectivity index (χ1n) is 11.7. The number of fused-ring (bicyclic) bond motifs is 1. The predicted molar refractivity (Wildman–Crippen MR) is 131 cm³/mol. The van der Waals surface area contributed by atoms with E-state index < -0.39 is 17.4 Å². The van der Waals surface area contributed by atoms with E-state index in [4.69, 9.17) is 13.9 Å². The van der Waals surface area contributed by atoms with Crippen LogP contribution >= 0.6 is 0 Å². The zero-order valence-electron chi connectivity index (χ0n) is 20.5. The number of halogens is 1. The van der Waals surface area contributed by atoms with Gasteiger partial charge in [-0.15, -0.1) is 0 Å². The first kappa shape index (κ1) is 24.7. The van der Waals surface area contributed by atoms with Crippen LogP contribution in [0.2, 0.25) is 0 Å². The van der Waals surface area contributed by atoms with Crippen molar-refractivity contribution in [2.75, 3.05) is 20.2 Å². The van der Waals surface area contributed by atoms with Gasteiger partial charge >= 0.3 is 12.1 Å². The Kier molecular flexibility index (Phi) is 7.12. The van der Waals surface area contributed by atoms with Gasteiger partial charge in [-0.1, -0.05) is 24.3 Å². The van der Waals surface area contributed by atoms with Crippen molar-refractivity contribution in [3.63, 3.8) is 0 Å². The summed E-state index contributed by atoms with van der Waals surface area (Å²) in [6.45, 7) is 7.64. The highest BCUT2D eigenvalue weighted by atomic mass is 19.1. The van der Waals surface area contributed by atoms with E-state index in [9.17, 15) is 14.0 Å². The second kappa shape index (κ2) is 10.1. The van der Waals surface area contributed by atoms with E-state index in [2.05, 4.69) is 5.32 Å². The number of carbonyl (C=O) groups excluding carboxylic acids is 2. The highest BCUT2D eigenvalue weighted by Crippen LogP contribution is 2.34. The van der Waals surface area contributed by atoms with Crippen molar-refractivity contribution in [1.29, 1.82) is 0 Å². The van der Waals surface area contributed by atoms with Gasteiger partial charge in [0.15, 0.2) is 0 Å². The highest BCUT2D eigenvalue weighted by molar-refractivity contribution is 6.09. The third kappa shape index (κ3) is 5.82. The van der Waals surface area contributed by atoms with Gasteiger partial charge in [0, 0.05) is 42.0 Å². The molecular weight excluding hydrogens is 451 g/mol. The van der Waals surface area contributed by atoms with Crippen molar-refractivity contribution in [3.8, 4) is 11.3 Å². The summed E-state index contributed by atoms with van der Waals surface area (Å²) in [5.74, 6) is -0.645. The van der Waals surface area contributed by atoms with Crippen LogP contribution in [0.5, 0.6) is 0 Å². The van der Waals surface area contributed by atoms with E-state index in [0.717, 1.165) is 24.0 Å². The lowest BCUT2D eigenvalue weighted by Crippen LogP contribution is -2.46. The maximum absolute atomic E-state index is 13.9. The van der Waals surface area contributed by atoms with Crippen molar-refractivity contribution in [2.24, 2.45) is 0 Å². The van der Waals surface area contributed by atoms with Crippen LogP contribution in [0.25, 0.3) is 22.1 Å². The van der Waals surface area contributed by atoms with E-state index in [0.29, 0.717) is 42.2 Å². The van der Waals surface area contributed by atoms with Crippen LogP contribution in [0.3, 0.4) is 0 Å². The molecule has 0 unspecified atom stereocenters. The minimum absolute atomic E-state index is 0.134. The lowest BCUT2D eigenvalue weighted by Gasteiger charge is -2.33. The van der Waals surface area contributed by atoms with Crippen LogP contribution in [-0.4, -0.2) is 48.8 Å². The average Bonchev–Trinajstić information content (AvgIpc) is 3.25. The first-order valence-corrected chi connectivity index (χ1v) is 11.7. The summed E-state index contributed by atoms with van der Waals surface area (Å²) in [6.07, 6.45) is 2.92. The quantitative estimate of drug-likeness (QED) is 0.483. The number of hydrogen-bond acceptors (Lipinski definition) is 6. The molecule has 1 aromatic heterocycles. The number of likely N-dealkylation sites (tertiary alicyclic amines) is 1. The molecule has 7 nitrogen and oxygen atoms in total. The summed E-state index contributed by atoms with van der Waals surface area (Å²) >= 11 is 0. The molecule has 3 aromatic rings. The van der Waals surface area contributed by atoms with Gasteiger partial charge in [-0.05, 0) is 51.3 Å². The molecule has 1 N–H and O–H groups in total. The Labute approximate surface area is 204 Å². The van der Waals surface area contributed by atoms with Crippen LogP contribution in [0.1, 0.15) is 49.5 Å². The molecule has 4 rings (SSSR count). The number of ether oxygens (including phenoxy) is 2. The SMILES string of the molecule is COC(=O)c1cc(F)cc2coc(-c3ccc(CNC4CCN(C(=O)OC(C)(C)C)CC4)cc3)c12. The molecule has 0 atom stereocenters. The van der Waals surface area contributed by atoms with Gasteiger partial charge in [-0.3, -0.25) is 0 Å². The van der Waals surface area contributed by atoms with E-state index in [1.54, 1.807) is 4.90 Å². The number of amides is 1. The maximum Gasteiger partial charge on any atom is 0.410 e. The molecule has 0 aliphatic carbocycles. The summed E-state index contributed by atoms with van der Waals surface area (Å²) < 4.78 is 29.9. The van der Waals surface area contributed by atoms with E-state index in [1.807, 2.05) is 45.0 Å². The minimum Gasteiger partial charge on any atom is -0.465 e. The summed E-state index contributed by atoms with van der Waals surface area (Å²) in [5.41, 5.74) is 1.52. The molecule has 1 aliphatic rings. The maximum atomic E-state index is 13.9. The fourth-order valence-corrected chi connectivity index (χ4v) is 4.27. The Bertz CT molecular complexity index is 1200. The number of nitrogens with zero attached hydrogens (tertiary/aromatic N) is 1. The Morgan fingerprint density at radius 1 is 1.14 bits per heavy atom. The number of rotatable bonds is 5. The molecule has 186 valence electrons. The van der Waals surface area contributed by atoms with E-state index in [-0.39, 0.29) is 11.7 Å². The molecule has 1 aliphatic heterocycles. The van der Waals surface area contributed by atoms with Gasteiger partial charge in [-0.2, -0.15) is 0 Å². The van der Waals surface area contributed by atoms with Gasteiger partial charge in [0.05, 0.1) is 18.9 Å². The van der Waals surface area contributed by atoms with Gasteiger partial charge in [0.1, 0.15) is 17.2 Å². The van der Waals surface area contributed by atoms with E-state index >= 15 is 0 Å². The summed E-state index contributed by atoms with van der Waals surface area (Å²) in [7, 11) is 1.27. The molecule has 0 bridgehead atoms. The fourth-order valence-electron chi connectivity index (χ4n) is 4.27. The molecule has 35 heavy (non-hydrogen) atoms. The first-order chi connectivity index (χ1) is 16.6. The number of esters is 1. The largest absolute Gasteiger partial charge is 0.465 e. The Morgan fingerprint density at radius 2 is 1.83 bits per heavy atom. The Hall–Kier alpha value is -3.39. The molecule has 0 saturated carbocycles. The van der Waals surface area contributed by atoms with Crippen molar-refractivity contribution in [1.82, 2.24) is 10.2 Å². The Balaban J connectivity index is 1.38. The summed E-state index contributed by atoms with van der Waals surface area (Å²) in [4.78, 5) is 26.2. The third-order valence-corrected chi connectivity index (χ3v) is 6.03. The van der Waals surface area contributed by atoms with Crippen molar-refractivity contribution >= 4 is 22.8 Å². The highest BCUT2D eigenvalue weighted by Gasteiger charge is 2.26. The van der Waals surface area contributed by atoms with Crippen LogP contribution in [-0.2, 0) is 16.0 Å². The fraction of sp³-hybridized carbons (Fsp3) is 0.407. The van der Waals surface area contributed by atoms with Crippen LogP contribution in [0.15, 0.2) is 47.1 Å². The molecule has 0 radical (unpaired) electrons. The average molecular weight is 483 g/mol. The van der Waals surface area contributed by atoms with Gasteiger partial charge < -0.3 is 24.1 Å². The van der Waals surface area contributed by atoms with Crippen LogP contribution in [0.4, 0.5) is 9.18 Å². The lowest BCUT2D eigenvalue weighted by molar-refractivity contribution is 0.0198. The molecule has 0 spiro atoms. The molecule has 1 fully saturated rings. The molecular formula is C27H31FN2O5. The molecule has 2 aromatic carbocycles. The van der Waals surface area contributed by atoms with Crippen molar-refractivity contribution in [3.05, 3.63) is 59.6 Å². The predicted octanol–water partition coefficient (Wildman–Crippen LogP) is 5.51. The zero-order valence-corrected chi connectivity index (χ0v) is 20.5. The molecule has 2 heterocycles. The second-order valence-corrected chi connectivity index (χ2v) is 9.79. The number of benzene rings is 2.